The lowest BCUT2D eigenvalue weighted by atomic mass is 10.3. The molecule has 5 heteroatoms. The fraction of sp³-hybridized carbons (Fsp3) is 0.125. The molecule has 4 nitrogen and oxygen atoms in total. The number of nitriles is 1. The topological polar surface area (TPSA) is 65.4 Å². The second-order valence-corrected chi connectivity index (χ2v) is 3.21. The maximum absolute atomic E-state index is 8.72. The quantitative estimate of drug-likeness (QED) is 0.547. The molecule has 0 spiro atoms. The average Bonchev–Trinajstić information content (AvgIpc) is 2.59. The van der Waals surface area contributed by atoms with E-state index in [1.54, 1.807) is 12.4 Å². The zero-order valence-corrected chi connectivity index (χ0v) is 7.72. The minimum atomic E-state index is 0.586. The Morgan fingerprint density at radius 3 is 3.15 bits per heavy atom. The molecule has 2 aromatic rings. The van der Waals surface area contributed by atoms with E-state index in [4.69, 9.17) is 5.26 Å². The monoisotopic (exact) mass is 190 g/mol. The van der Waals surface area contributed by atoms with E-state index in [0.717, 1.165) is 11.0 Å². The highest BCUT2D eigenvalue weighted by Crippen LogP contribution is 2.17. The summed E-state index contributed by atoms with van der Waals surface area (Å²) in [7, 11) is 0. The highest BCUT2D eigenvalue weighted by molar-refractivity contribution is 7.98. The van der Waals surface area contributed by atoms with E-state index in [-0.39, 0.29) is 0 Å². The van der Waals surface area contributed by atoms with Crippen molar-refractivity contribution in [2.45, 2.75) is 5.16 Å². The number of hydrogen-bond donors (Lipinski definition) is 1. The highest BCUT2D eigenvalue weighted by atomic mass is 32.2. The van der Waals surface area contributed by atoms with Gasteiger partial charge in [-0.05, 0) is 6.26 Å². The largest absolute Gasteiger partial charge is 0.345 e. The van der Waals surface area contributed by atoms with Crippen LogP contribution in [0.3, 0.4) is 0 Å². The molecule has 0 atom stereocenters. The van der Waals surface area contributed by atoms with Gasteiger partial charge in [0.05, 0.1) is 10.9 Å². The van der Waals surface area contributed by atoms with Crippen LogP contribution >= 0.6 is 11.8 Å². The van der Waals surface area contributed by atoms with Gasteiger partial charge in [-0.3, -0.25) is 0 Å². The number of rotatable bonds is 1. The molecule has 13 heavy (non-hydrogen) atoms. The third-order valence-electron chi connectivity index (χ3n) is 1.71. The van der Waals surface area contributed by atoms with Gasteiger partial charge in [-0.2, -0.15) is 5.26 Å². The van der Waals surface area contributed by atoms with Gasteiger partial charge in [0.25, 0.3) is 0 Å². The Balaban J connectivity index is 2.70. The van der Waals surface area contributed by atoms with Crippen molar-refractivity contribution in [1.29, 1.82) is 5.26 Å². The van der Waals surface area contributed by atoms with Gasteiger partial charge in [-0.1, -0.05) is 11.8 Å². The third-order valence-corrected chi connectivity index (χ3v) is 2.27. The Labute approximate surface area is 79.0 Å². The Morgan fingerprint density at radius 1 is 1.62 bits per heavy atom. The molecule has 0 radical (unpaired) electrons. The standard InChI is InChI=1S/C8H6N4S/c1-13-8-11-4-6-5(2-9)3-10-7(6)12-8/h3-4H,1H3,(H,10,11,12). The SMILES string of the molecule is CSc1ncc2c(C#N)c[nH]c2n1. The first kappa shape index (κ1) is 8.08. The van der Waals surface area contributed by atoms with Gasteiger partial charge in [-0.25, -0.2) is 9.97 Å². The van der Waals surface area contributed by atoms with Gasteiger partial charge in [0.15, 0.2) is 5.16 Å². The molecular formula is C8H6N4S. The van der Waals surface area contributed by atoms with E-state index in [1.807, 2.05) is 6.26 Å². The molecule has 1 N–H and O–H groups in total. The molecule has 2 rings (SSSR count). The van der Waals surface area contributed by atoms with Crippen LogP contribution in [-0.2, 0) is 0 Å². The summed E-state index contributed by atoms with van der Waals surface area (Å²) in [6, 6.07) is 2.07. The van der Waals surface area contributed by atoms with Crippen LogP contribution in [0.1, 0.15) is 5.56 Å². The molecule has 0 aliphatic carbocycles. The number of thioether (sulfide) groups is 1. The first-order valence-corrected chi connectivity index (χ1v) is 4.86. The van der Waals surface area contributed by atoms with Gasteiger partial charge < -0.3 is 4.98 Å². The van der Waals surface area contributed by atoms with Gasteiger partial charge in [-0.15, -0.1) is 0 Å². The van der Waals surface area contributed by atoms with Crippen molar-refractivity contribution in [3.05, 3.63) is 18.0 Å². The van der Waals surface area contributed by atoms with E-state index in [0.29, 0.717) is 10.7 Å². The van der Waals surface area contributed by atoms with E-state index < -0.39 is 0 Å². The number of fused-ring (bicyclic) bond motifs is 1. The Bertz CT molecular complexity index is 482. The maximum atomic E-state index is 8.72. The summed E-state index contributed by atoms with van der Waals surface area (Å²) in [5, 5.41) is 10.2. The van der Waals surface area contributed by atoms with Crippen LogP contribution in [0.2, 0.25) is 0 Å². The zero-order valence-electron chi connectivity index (χ0n) is 6.90. The molecule has 0 bridgehead atoms. The second-order valence-electron chi connectivity index (χ2n) is 2.43. The molecular weight excluding hydrogens is 184 g/mol. The smallest absolute Gasteiger partial charge is 0.189 e. The van der Waals surface area contributed by atoms with Crippen molar-refractivity contribution < 1.29 is 0 Å². The Morgan fingerprint density at radius 2 is 2.46 bits per heavy atom. The fourth-order valence-electron chi connectivity index (χ4n) is 1.08. The molecule has 0 fully saturated rings. The molecule has 0 saturated heterocycles. The van der Waals surface area contributed by atoms with Crippen molar-refractivity contribution in [2.75, 3.05) is 6.26 Å². The normalized spacial score (nSPS) is 10.2. The van der Waals surface area contributed by atoms with Crippen LogP contribution < -0.4 is 0 Å². The summed E-state index contributed by atoms with van der Waals surface area (Å²) in [5.41, 5.74) is 1.30. The van der Waals surface area contributed by atoms with Gasteiger partial charge >= 0.3 is 0 Å². The zero-order chi connectivity index (χ0) is 9.26. The van der Waals surface area contributed by atoms with Crippen LogP contribution in [0, 0.1) is 11.3 Å². The van der Waals surface area contributed by atoms with E-state index >= 15 is 0 Å². The van der Waals surface area contributed by atoms with Crippen molar-refractivity contribution in [2.24, 2.45) is 0 Å². The van der Waals surface area contributed by atoms with Crippen LogP contribution in [0.5, 0.6) is 0 Å². The summed E-state index contributed by atoms with van der Waals surface area (Å²) in [6.45, 7) is 0. The molecule has 0 aliphatic heterocycles. The number of nitrogens with zero attached hydrogens (tertiary/aromatic N) is 3. The first-order valence-electron chi connectivity index (χ1n) is 3.63. The summed E-state index contributed by atoms with van der Waals surface area (Å²) in [4.78, 5) is 11.2. The predicted octanol–water partition coefficient (Wildman–Crippen LogP) is 1.55. The average molecular weight is 190 g/mol. The minimum absolute atomic E-state index is 0.586. The van der Waals surface area contributed by atoms with E-state index in [1.165, 1.54) is 11.8 Å². The number of hydrogen-bond acceptors (Lipinski definition) is 4. The molecule has 0 aliphatic rings. The Hall–Kier alpha value is -1.54. The molecule has 2 aromatic heterocycles. The van der Waals surface area contributed by atoms with Crippen molar-refractivity contribution in [1.82, 2.24) is 15.0 Å². The van der Waals surface area contributed by atoms with Gasteiger partial charge in [0.1, 0.15) is 11.7 Å². The number of nitrogens with one attached hydrogen (secondary N) is 1. The van der Waals surface area contributed by atoms with Gasteiger partial charge in [0.2, 0.25) is 0 Å². The molecule has 2 heterocycles. The van der Waals surface area contributed by atoms with Crippen LogP contribution in [0.4, 0.5) is 0 Å². The van der Waals surface area contributed by atoms with Crippen molar-refractivity contribution >= 4 is 22.8 Å². The molecule has 0 aromatic carbocycles. The molecule has 64 valence electrons. The van der Waals surface area contributed by atoms with Gasteiger partial charge in [0, 0.05) is 12.4 Å². The van der Waals surface area contributed by atoms with Crippen LogP contribution in [-0.4, -0.2) is 21.2 Å². The molecule has 0 amide bonds. The number of aromatic amines is 1. The van der Waals surface area contributed by atoms with E-state index in [9.17, 15) is 0 Å². The number of aromatic nitrogens is 3. The highest BCUT2D eigenvalue weighted by Gasteiger charge is 2.04. The summed E-state index contributed by atoms with van der Waals surface area (Å²) in [5.74, 6) is 0. The van der Waals surface area contributed by atoms with Crippen molar-refractivity contribution in [3.8, 4) is 6.07 Å². The lowest BCUT2D eigenvalue weighted by Gasteiger charge is -1.93. The van der Waals surface area contributed by atoms with E-state index in [2.05, 4.69) is 21.0 Å². The fourth-order valence-corrected chi connectivity index (χ4v) is 1.42. The maximum Gasteiger partial charge on any atom is 0.189 e. The lowest BCUT2D eigenvalue weighted by molar-refractivity contribution is 0.998. The minimum Gasteiger partial charge on any atom is -0.345 e. The summed E-state index contributed by atoms with van der Waals surface area (Å²) < 4.78 is 0. The predicted molar refractivity (Wildman–Crippen MR) is 50.4 cm³/mol. The second kappa shape index (κ2) is 3.07. The van der Waals surface area contributed by atoms with Crippen LogP contribution in [0.25, 0.3) is 11.0 Å². The van der Waals surface area contributed by atoms with Crippen LogP contribution in [0.15, 0.2) is 17.6 Å². The summed E-state index contributed by atoms with van der Waals surface area (Å²) >= 11 is 1.48. The Kier molecular flexibility index (Phi) is 1.91. The lowest BCUT2D eigenvalue weighted by Crippen LogP contribution is -1.85. The molecule has 0 unspecified atom stereocenters. The first-order chi connectivity index (χ1) is 6.35. The molecule has 0 saturated carbocycles. The van der Waals surface area contributed by atoms with Crippen molar-refractivity contribution in [3.63, 3.8) is 0 Å². The number of H-pyrrole nitrogens is 1. The summed E-state index contributed by atoms with van der Waals surface area (Å²) in [6.07, 6.45) is 5.22. The third kappa shape index (κ3) is 1.25.